The van der Waals surface area contributed by atoms with Crippen molar-refractivity contribution in [2.45, 2.75) is 13.3 Å². The Morgan fingerprint density at radius 2 is 2.05 bits per heavy atom. The van der Waals surface area contributed by atoms with E-state index in [4.69, 9.17) is 17.3 Å². The standard InChI is InChI=1S/C15H25ClN4O/c1-4-20(9-5-8-19(2)3)11-15(21)18-14-7-6-12(16)10-13(14)17/h6-7,10H,4-5,8-9,11,17H2,1-3H3,(H,18,21). The highest BCUT2D eigenvalue weighted by Crippen LogP contribution is 2.22. The van der Waals surface area contributed by atoms with Gasteiger partial charge in [0.25, 0.3) is 0 Å². The Hall–Kier alpha value is -1.30. The smallest absolute Gasteiger partial charge is 0.238 e. The van der Waals surface area contributed by atoms with Crippen LogP contribution in [0.15, 0.2) is 18.2 Å². The molecule has 1 aromatic carbocycles. The van der Waals surface area contributed by atoms with E-state index >= 15 is 0 Å². The fraction of sp³-hybridized carbons (Fsp3) is 0.533. The highest BCUT2D eigenvalue weighted by atomic mass is 35.5. The number of hydrogen-bond acceptors (Lipinski definition) is 4. The van der Waals surface area contributed by atoms with Crippen LogP contribution in [0.3, 0.4) is 0 Å². The summed E-state index contributed by atoms with van der Waals surface area (Å²) < 4.78 is 0. The Bertz CT molecular complexity index is 465. The Labute approximate surface area is 132 Å². The second-order valence-corrected chi connectivity index (χ2v) is 5.74. The molecule has 0 aromatic heterocycles. The molecule has 0 unspecified atom stereocenters. The average molecular weight is 313 g/mol. The summed E-state index contributed by atoms with van der Waals surface area (Å²) in [5.41, 5.74) is 6.91. The van der Waals surface area contributed by atoms with Crippen LogP contribution in [-0.2, 0) is 4.79 Å². The van der Waals surface area contributed by atoms with Crippen molar-refractivity contribution in [2.24, 2.45) is 0 Å². The summed E-state index contributed by atoms with van der Waals surface area (Å²) in [5, 5.41) is 3.39. The Morgan fingerprint density at radius 1 is 1.33 bits per heavy atom. The van der Waals surface area contributed by atoms with Gasteiger partial charge in [-0.2, -0.15) is 0 Å². The molecule has 0 fully saturated rings. The van der Waals surface area contributed by atoms with Gasteiger partial charge in [0.2, 0.25) is 5.91 Å². The molecule has 1 aromatic rings. The number of nitrogens with one attached hydrogen (secondary N) is 1. The first-order valence-corrected chi connectivity index (χ1v) is 7.52. The summed E-state index contributed by atoms with van der Waals surface area (Å²) in [6, 6.07) is 5.06. The average Bonchev–Trinajstić information content (AvgIpc) is 2.40. The fourth-order valence-electron chi connectivity index (χ4n) is 2.00. The topological polar surface area (TPSA) is 61.6 Å². The van der Waals surface area contributed by atoms with E-state index in [1.54, 1.807) is 18.2 Å². The molecule has 0 radical (unpaired) electrons. The quantitative estimate of drug-likeness (QED) is 0.722. The van der Waals surface area contributed by atoms with Crippen LogP contribution in [0.4, 0.5) is 11.4 Å². The van der Waals surface area contributed by atoms with Crippen LogP contribution < -0.4 is 11.1 Å². The number of nitrogens with zero attached hydrogens (tertiary/aromatic N) is 2. The summed E-state index contributed by atoms with van der Waals surface area (Å²) in [6.07, 6.45) is 1.04. The minimum absolute atomic E-state index is 0.0595. The number of carbonyl (C=O) groups is 1. The molecule has 0 spiro atoms. The molecular formula is C15H25ClN4O. The van der Waals surface area contributed by atoms with Crippen LogP contribution in [0.2, 0.25) is 5.02 Å². The number of benzene rings is 1. The number of hydrogen-bond donors (Lipinski definition) is 2. The van der Waals surface area contributed by atoms with Gasteiger partial charge in [0.1, 0.15) is 0 Å². The lowest BCUT2D eigenvalue weighted by molar-refractivity contribution is -0.117. The second kappa shape index (κ2) is 8.87. The number of rotatable bonds is 8. The molecule has 21 heavy (non-hydrogen) atoms. The highest BCUT2D eigenvalue weighted by molar-refractivity contribution is 6.31. The van der Waals surface area contributed by atoms with Crippen molar-refractivity contribution in [3.63, 3.8) is 0 Å². The van der Waals surface area contributed by atoms with E-state index in [0.717, 1.165) is 26.1 Å². The van der Waals surface area contributed by atoms with Gasteiger partial charge in [-0.05, 0) is 58.3 Å². The zero-order valence-electron chi connectivity index (χ0n) is 13.0. The van der Waals surface area contributed by atoms with Crippen LogP contribution in [-0.4, -0.2) is 56.0 Å². The lowest BCUT2D eigenvalue weighted by Gasteiger charge is -2.21. The molecule has 1 amide bonds. The summed E-state index contributed by atoms with van der Waals surface area (Å²) in [6.45, 7) is 5.18. The van der Waals surface area contributed by atoms with Gasteiger partial charge in [-0.25, -0.2) is 0 Å². The van der Waals surface area contributed by atoms with E-state index in [0.29, 0.717) is 22.9 Å². The zero-order chi connectivity index (χ0) is 15.8. The van der Waals surface area contributed by atoms with Crippen LogP contribution in [0.5, 0.6) is 0 Å². The zero-order valence-corrected chi connectivity index (χ0v) is 13.8. The fourth-order valence-corrected chi connectivity index (χ4v) is 2.18. The maximum Gasteiger partial charge on any atom is 0.238 e. The SMILES string of the molecule is CCN(CCCN(C)C)CC(=O)Nc1ccc(Cl)cc1N. The molecule has 0 saturated heterocycles. The van der Waals surface area contributed by atoms with Crippen molar-refractivity contribution in [2.75, 3.05) is 51.3 Å². The van der Waals surface area contributed by atoms with Crippen molar-refractivity contribution < 1.29 is 4.79 Å². The van der Waals surface area contributed by atoms with Gasteiger partial charge in [-0.3, -0.25) is 9.69 Å². The summed E-state index contributed by atoms with van der Waals surface area (Å²) in [4.78, 5) is 16.3. The maximum absolute atomic E-state index is 12.1. The number of nitrogen functional groups attached to an aromatic ring is 1. The molecule has 0 aliphatic heterocycles. The first-order chi connectivity index (χ1) is 9.92. The summed E-state index contributed by atoms with van der Waals surface area (Å²) in [7, 11) is 4.10. The van der Waals surface area contributed by atoms with Crippen molar-refractivity contribution in [1.82, 2.24) is 9.80 Å². The minimum atomic E-state index is -0.0595. The van der Waals surface area contributed by atoms with E-state index in [1.165, 1.54) is 0 Å². The van der Waals surface area contributed by atoms with E-state index in [2.05, 4.69) is 22.0 Å². The molecule has 0 bridgehead atoms. The number of carbonyl (C=O) groups excluding carboxylic acids is 1. The van der Waals surface area contributed by atoms with E-state index in [9.17, 15) is 4.79 Å². The third-order valence-electron chi connectivity index (χ3n) is 3.18. The number of halogens is 1. The predicted octanol–water partition coefficient (Wildman–Crippen LogP) is 2.13. The van der Waals surface area contributed by atoms with Gasteiger partial charge < -0.3 is 16.0 Å². The van der Waals surface area contributed by atoms with Crippen molar-refractivity contribution in [3.05, 3.63) is 23.2 Å². The molecule has 0 aliphatic carbocycles. The third kappa shape index (κ3) is 6.80. The summed E-state index contributed by atoms with van der Waals surface area (Å²) >= 11 is 5.84. The van der Waals surface area contributed by atoms with Crippen molar-refractivity contribution in [3.8, 4) is 0 Å². The molecule has 0 heterocycles. The third-order valence-corrected chi connectivity index (χ3v) is 3.42. The minimum Gasteiger partial charge on any atom is -0.397 e. The van der Waals surface area contributed by atoms with Gasteiger partial charge in [-0.15, -0.1) is 0 Å². The Balaban J connectivity index is 2.47. The number of nitrogens with two attached hydrogens (primary N) is 1. The van der Waals surface area contributed by atoms with Crippen LogP contribution in [0, 0.1) is 0 Å². The lowest BCUT2D eigenvalue weighted by atomic mass is 10.2. The lowest BCUT2D eigenvalue weighted by Crippen LogP contribution is -2.35. The second-order valence-electron chi connectivity index (χ2n) is 5.31. The highest BCUT2D eigenvalue weighted by Gasteiger charge is 2.10. The molecule has 0 saturated carbocycles. The number of likely N-dealkylation sites (N-methyl/N-ethyl adjacent to an activating group) is 1. The Morgan fingerprint density at radius 3 is 2.62 bits per heavy atom. The first-order valence-electron chi connectivity index (χ1n) is 7.14. The van der Waals surface area contributed by atoms with Gasteiger partial charge in [0.15, 0.2) is 0 Å². The largest absolute Gasteiger partial charge is 0.397 e. The monoisotopic (exact) mass is 312 g/mol. The molecule has 6 heteroatoms. The van der Waals surface area contributed by atoms with Crippen molar-refractivity contribution >= 4 is 28.9 Å². The van der Waals surface area contributed by atoms with Gasteiger partial charge >= 0.3 is 0 Å². The van der Waals surface area contributed by atoms with E-state index in [-0.39, 0.29) is 5.91 Å². The molecule has 0 atom stereocenters. The molecular weight excluding hydrogens is 288 g/mol. The maximum atomic E-state index is 12.1. The summed E-state index contributed by atoms with van der Waals surface area (Å²) in [5.74, 6) is -0.0595. The number of anilines is 2. The van der Waals surface area contributed by atoms with Crippen molar-refractivity contribution in [1.29, 1.82) is 0 Å². The first kappa shape index (κ1) is 17.8. The normalized spacial score (nSPS) is 11.1. The van der Waals surface area contributed by atoms with Crippen LogP contribution in [0.1, 0.15) is 13.3 Å². The number of amides is 1. The Kier molecular flexibility index (Phi) is 7.50. The molecule has 0 aliphatic rings. The van der Waals surface area contributed by atoms with Gasteiger partial charge in [0.05, 0.1) is 17.9 Å². The van der Waals surface area contributed by atoms with Gasteiger partial charge in [-0.1, -0.05) is 18.5 Å². The predicted molar refractivity (Wildman–Crippen MR) is 89.8 cm³/mol. The van der Waals surface area contributed by atoms with E-state index in [1.807, 2.05) is 14.1 Å². The molecule has 118 valence electrons. The molecule has 5 nitrogen and oxygen atoms in total. The molecule has 3 N–H and O–H groups in total. The van der Waals surface area contributed by atoms with Crippen LogP contribution in [0.25, 0.3) is 0 Å². The molecule has 1 rings (SSSR count). The van der Waals surface area contributed by atoms with E-state index < -0.39 is 0 Å². The van der Waals surface area contributed by atoms with Crippen LogP contribution >= 0.6 is 11.6 Å². The van der Waals surface area contributed by atoms with Gasteiger partial charge in [0, 0.05) is 5.02 Å².